The van der Waals surface area contributed by atoms with E-state index in [4.69, 9.17) is 16.3 Å². The van der Waals surface area contributed by atoms with E-state index in [2.05, 4.69) is 0 Å². The summed E-state index contributed by atoms with van der Waals surface area (Å²) in [6, 6.07) is 9.97. The maximum absolute atomic E-state index is 6.03. The predicted molar refractivity (Wildman–Crippen MR) is 58.9 cm³/mol. The molecule has 0 radical (unpaired) electrons. The van der Waals surface area contributed by atoms with E-state index >= 15 is 0 Å². The zero-order valence-corrected chi connectivity index (χ0v) is 8.71. The second-order valence-corrected chi connectivity index (χ2v) is 3.70. The first-order valence-electron chi connectivity index (χ1n) is 4.52. The van der Waals surface area contributed by atoms with Gasteiger partial charge in [0.25, 0.3) is 0 Å². The minimum Gasteiger partial charge on any atom is -0.489 e. The average Bonchev–Trinajstić information content (AvgIpc) is 2.23. The minimum atomic E-state index is 0.583. The number of benzene rings is 1. The van der Waals surface area contributed by atoms with Crippen LogP contribution < -0.4 is 0 Å². The Kier molecular flexibility index (Phi) is 2.60. The van der Waals surface area contributed by atoms with Crippen molar-refractivity contribution in [3.05, 3.63) is 52.6 Å². The van der Waals surface area contributed by atoms with Crippen molar-refractivity contribution in [2.75, 3.05) is 6.61 Å². The molecule has 72 valence electrons. The van der Waals surface area contributed by atoms with Gasteiger partial charge in [0.05, 0.1) is 0 Å². The molecule has 2 rings (SSSR count). The lowest BCUT2D eigenvalue weighted by Crippen LogP contribution is -2.02. The fraction of sp³-hybridized carbons (Fsp3) is 0.167. The highest BCUT2D eigenvalue weighted by Gasteiger charge is 2.10. The van der Waals surface area contributed by atoms with Gasteiger partial charge in [-0.05, 0) is 18.6 Å². The second-order valence-electron chi connectivity index (χ2n) is 3.29. The molecule has 0 aliphatic carbocycles. The highest BCUT2D eigenvalue weighted by molar-refractivity contribution is 6.32. The Morgan fingerprint density at radius 2 is 1.93 bits per heavy atom. The van der Waals surface area contributed by atoms with Crippen molar-refractivity contribution < 1.29 is 4.74 Å². The van der Waals surface area contributed by atoms with Crippen molar-refractivity contribution in [1.82, 2.24) is 0 Å². The van der Waals surface area contributed by atoms with Gasteiger partial charge in [-0.2, -0.15) is 0 Å². The second kappa shape index (κ2) is 3.89. The van der Waals surface area contributed by atoms with E-state index in [0.29, 0.717) is 6.61 Å². The maximum atomic E-state index is 6.03. The van der Waals surface area contributed by atoms with E-state index in [9.17, 15) is 0 Å². The van der Waals surface area contributed by atoms with Gasteiger partial charge in [0.2, 0.25) is 0 Å². The number of halogens is 1. The average molecular weight is 207 g/mol. The monoisotopic (exact) mass is 206 g/mol. The van der Waals surface area contributed by atoms with Crippen LogP contribution in [0, 0.1) is 0 Å². The molecule has 0 N–H and O–H groups in total. The van der Waals surface area contributed by atoms with Crippen LogP contribution in [0.2, 0.25) is 0 Å². The van der Waals surface area contributed by atoms with Gasteiger partial charge in [-0.1, -0.05) is 41.9 Å². The largest absolute Gasteiger partial charge is 0.489 e. The third-order valence-electron chi connectivity index (χ3n) is 2.17. The highest BCUT2D eigenvalue weighted by atomic mass is 35.5. The Morgan fingerprint density at radius 1 is 1.21 bits per heavy atom. The van der Waals surface area contributed by atoms with Gasteiger partial charge in [0.1, 0.15) is 12.4 Å². The fourth-order valence-corrected chi connectivity index (χ4v) is 1.46. The van der Waals surface area contributed by atoms with E-state index in [-0.39, 0.29) is 0 Å². The number of hydrogen-bond acceptors (Lipinski definition) is 1. The molecule has 0 spiro atoms. The van der Waals surface area contributed by atoms with Crippen LogP contribution in [-0.4, -0.2) is 6.61 Å². The summed E-state index contributed by atoms with van der Waals surface area (Å²) in [5.74, 6) is 0.848. The van der Waals surface area contributed by atoms with Crippen LogP contribution >= 0.6 is 11.6 Å². The predicted octanol–water partition coefficient (Wildman–Crippen LogP) is 3.57. The topological polar surface area (TPSA) is 9.23 Å². The van der Waals surface area contributed by atoms with Gasteiger partial charge >= 0.3 is 0 Å². The van der Waals surface area contributed by atoms with Crippen molar-refractivity contribution in [2.45, 2.75) is 6.92 Å². The van der Waals surface area contributed by atoms with E-state index in [1.54, 1.807) is 0 Å². The lowest BCUT2D eigenvalue weighted by atomic mass is 10.1. The summed E-state index contributed by atoms with van der Waals surface area (Å²) in [4.78, 5) is 0. The molecule has 14 heavy (non-hydrogen) atoms. The van der Waals surface area contributed by atoms with Crippen LogP contribution in [0.25, 0.3) is 5.76 Å². The molecule has 1 aromatic carbocycles. The van der Waals surface area contributed by atoms with Crippen LogP contribution in [-0.2, 0) is 4.74 Å². The molecule has 0 saturated heterocycles. The molecule has 0 fully saturated rings. The molecule has 0 bridgehead atoms. The van der Waals surface area contributed by atoms with Gasteiger partial charge in [0.15, 0.2) is 0 Å². The summed E-state index contributed by atoms with van der Waals surface area (Å²) in [5, 5.41) is 0.787. The zero-order chi connectivity index (χ0) is 9.97. The molecule has 2 heteroatoms. The molecule has 1 aliphatic rings. The van der Waals surface area contributed by atoms with Crippen LogP contribution in [0.15, 0.2) is 47.0 Å². The van der Waals surface area contributed by atoms with Gasteiger partial charge in [-0.15, -0.1) is 0 Å². The molecule has 0 amide bonds. The first-order valence-corrected chi connectivity index (χ1v) is 4.90. The van der Waals surface area contributed by atoms with E-state index in [1.165, 1.54) is 0 Å². The Labute approximate surface area is 88.7 Å². The summed E-state index contributed by atoms with van der Waals surface area (Å²) in [7, 11) is 0. The number of allylic oxidation sites excluding steroid dienone is 2. The SMILES string of the molecule is CC1=C(Cl)C=C(c2ccccc2)OC1. The molecule has 1 heterocycles. The fourth-order valence-electron chi connectivity index (χ4n) is 1.30. The quantitative estimate of drug-likeness (QED) is 0.683. The van der Waals surface area contributed by atoms with Crippen molar-refractivity contribution in [2.24, 2.45) is 0 Å². The highest BCUT2D eigenvalue weighted by Crippen LogP contribution is 2.26. The first kappa shape index (κ1) is 9.35. The normalized spacial score (nSPS) is 16.3. The summed E-state index contributed by atoms with van der Waals surface area (Å²) < 4.78 is 5.57. The molecule has 1 nitrogen and oxygen atoms in total. The summed E-state index contributed by atoms with van der Waals surface area (Å²) in [6.45, 7) is 2.56. The molecule has 1 aromatic rings. The van der Waals surface area contributed by atoms with Crippen molar-refractivity contribution in [3.63, 3.8) is 0 Å². The summed E-state index contributed by atoms with van der Waals surface area (Å²) >= 11 is 6.03. The molecule has 0 aromatic heterocycles. The van der Waals surface area contributed by atoms with E-state index in [0.717, 1.165) is 21.9 Å². The van der Waals surface area contributed by atoms with Crippen molar-refractivity contribution in [3.8, 4) is 0 Å². The zero-order valence-electron chi connectivity index (χ0n) is 7.96. The number of hydrogen-bond donors (Lipinski definition) is 0. The Bertz CT molecular complexity index is 390. The van der Waals surface area contributed by atoms with Gasteiger partial charge in [-0.25, -0.2) is 0 Å². The number of rotatable bonds is 1. The Hall–Kier alpha value is -1.21. The standard InChI is InChI=1S/C12H11ClO/c1-9-8-14-12(7-11(9)13)10-5-3-2-4-6-10/h2-7H,8H2,1H3. The molecule has 0 unspecified atom stereocenters. The van der Waals surface area contributed by atoms with Crippen LogP contribution in [0.4, 0.5) is 0 Å². The third-order valence-corrected chi connectivity index (χ3v) is 2.60. The van der Waals surface area contributed by atoms with E-state index in [1.807, 2.05) is 43.3 Å². The third kappa shape index (κ3) is 1.83. The van der Waals surface area contributed by atoms with Crippen LogP contribution in [0.3, 0.4) is 0 Å². The smallest absolute Gasteiger partial charge is 0.128 e. The molecule has 0 saturated carbocycles. The van der Waals surface area contributed by atoms with Gasteiger partial charge < -0.3 is 4.74 Å². The van der Waals surface area contributed by atoms with Gasteiger partial charge in [0, 0.05) is 10.6 Å². The Balaban J connectivity index is 2.34. The first-order chi connectivity index (χ1) is 6.77. The summed E-state index contributed by atoms with van der Waals surface area (Å²) in [5.41, 5.74) is 2.14. The molecule has 1 aliphatic heterocycles. The molecule has 0 atom stereocenters. The van der Waals surface area contributed by atoms with E-state index < -0.39 is 0 Å². The number of ether oxygens (including phenoxy) is 1. The van der Waals surface area contributed by atoms with Gasteiger partial charge in [-0.3, -0.25) is 0 Å². The van der Waals surface area contributed by atoms with Crippen LogP contribution in [0.1, 0.15) is 12.5 Å². The molecular weight excluding hydrogens is 196 g/mol. The summed E-state index contributed by atoms with van der Waals surface area (Å²) in [6.07, 6.45) is 1.87. The van der Waals surface area contributed by atoms with Crippen LogP contribution in [0.5, 0.6) is 0 Å². The maximum Gasteiger partial charge on any atom is 0.128 e. The lowest BCUT2D eigenvalue weighted by molar-refractivity contribution is 0.305. The van der Waals surface area contributed by atoms with Crippen molar-refractivity contribution in [1.29, 1.82) is 0 Å². The molecular formula is C12H11ClO. The minimum absolute atomic E-state index is 0.583. The lowest BCUT2D eigenvalue weighted by Gasteiger charge is -2.16. The van der Waals surface area contributed by atoms with Crippen molar-refractivity contribution >= 4 is 17.4 Å². The Morgan fingerprint density at radius 3 is 2.57 bits per heavy atom.